The molecule has 0 saturated heterocycles. The summed E-state index contributed by atoms with van der Waals surface area (Å²) in [6.07, 6.45) is 0.810. The Labute approximate surface area is 129 Å². The number of carbonyl (C=O) groups is 1. The van der Waals surface area contributed by atoms with Crippen molar-refractivity contribution in [3.05, 3.63) is 45.9 Å². The zero-order chi connectivity index (χ0) is 15.4. The summed E-state index contributed by atoms with van der Waals surface area (Å²) in [5, 5.41) is 0. The number of hydrogen-bond acceptors (Lipinski definition) is 4. The van der Waals surface area contributed by atoms with Crippen molar-refractivity contribution < 1.29 is 9.53 Å². The summed E-state index contributed by atoms with van der Waals surface area (Å²) in [4.78, 5) is 19.1. The third kappa shape index (κ3) is 3.61. The highest BCUT2D eigenvalue weighted by Crippen LogP contribution is 2.18. The zero-order valence-electron chi connectivity index (χ0n) is 12.8. The lowest BCUT2D eigenvalue weighted by atomic mass is 10.1. The van der Waals surface area contributed by atoms with Crippen LogP contribution >= 0.6 is 11.3 Å². The number of benzene rings is 1. The van der Waals surface area contributed by atoms with Gasteiger partial charge in [-0.05, 0) is 38.0 Å². The Balaban J connectivity index is 2.03. The van der Waals surface area contributed by atoms with Crippen molar-refractivity contribution >= 4 is 17.2 Å². The summed E-state index contributed by atoms with van der Waals surface area (Å²) in [7, 11) is 3.50. The van der Waals surface area contributed by atoms with E-state index in [-0.39, 0.29) is 11.9 Å². The van der Waals surface area contributed by atoms with Gasteiger partial charge in [-0.3, -0.25) is 4.79 Å². The summed E-state index contributed by atoms with van der Waals surface area (Å²) in [6, 6.07) is 8.07. The van der Waals surface area contributed by atoms with Crippen LogP contribution in [-0.4, -0.2) is 36.0 Å². The number of hydrogen-bond donors (Lipinski definition) is 0. The average Bonchev–Trinajstić information content (AvgIpc) is 2.92. The highest BCUT2D eigenvalue weighted by Gasteiger charge is 2.20. The van der Waals surface area contributed by atoms with Gasteiger partial charge in [0, 0.05) is 13.1 Å². The number of methoxy groups -OCH3 is 1. The predicted octanol–water partition coefficient (Wildman–Crippen LogP) is 3.16. The van der Waals surface area contributed by atoms with Crippen LogP contribution in [0.5, 0.6) is 5.75 Å². The lowest BCUT2D eigenvalue weighted by Gasteiger charge is -2.24. The number of ether oxygens (including phenoxy) is 1. The molecule has 4 nitrogen and oxygen atoms in total. The molecule has 5 heteroatoms. The van der Waals surface area contributed by atoms with Crippen LogP contribution in [0.15, 0.2) is 29.8 Å². The number of thiazole rings is 1. The minimum atomic E-state index is 0.0380. The Kier molecular flexibility index (Phi) is 4.96. The molecule has 1 aromatic carbocycles. The standard InChI is InChI=1S/C16H20N2O2S/c1-11(9-13-5-7-14(20-4)8-6-13)18(3)16(19)15-12(2)17-10-21-15/h5-8,10-11H,9H2,1-4H3/t11-/m1/s1. The molecule has 0 aliphatic carbocycles. The van der Waals surface area contributed by atoms with Gasteiger partial charge in [0.2, 0.25) is 0 Å². The minimum absolute atomic E-state index is 0.0380. The van der Waals surface area contributed by atoms with E-state index in [1.807, 2.05) is 38.2 Å². The normalized spacial score (nSPS) is 12.0. The summed E-state index contributed by atoms with van der Waals surface area (Å²) < 4.78 is 5.15. The Morgan fingerprint density at radius 3 is 2.57 bits per heavy atom. The Morgan fingerprint density at radius 2 is 2.05 bits per heavy atom. The second-order valence-corrected chi connectivity index (χ2v) is 5.94. The van der Waals surface area contributed by atoms with Gasteiger partial charge >= 0.3 is 0 Å². The van der Waals surface area contributed by atoms with Gasteiger partial charge in [0.05, 0.1) is 18.3 Å². The van der Waals surface area contributed by atoms with E-state index in [9.17, 15) is 4.79 Å². The van der Waals surface area contributed by atoms with Gasteiger partial charge in [-0.1, -0.05) is 12.1 Å². The quantitative estimate of drug-likeness (QED) is 0.852. The van der Waals surface area contributed by atoms with Crippen molar-refractivity contribution in [2.45, 2.75) is 26.3 Å². The summed E-state index contributed by atoms with van der Waals surface area (Å²) in [5.74, 6) is 0.882. The van der Waals surface area contributed by atoms with Crippen molar-refractivity contribution in [1.82, 2.24) is 9.88 Å². The monoisotopic (exact) mass is 304 g/mol. The number of amides is 1. The molecule has 1 heterocycles. The van der Waals surface area contributed by atoms with Gasteiger partial charge in [0.25, 0.3) is 5.91 Å². The first-order chi connectivity index (χ1) is 10.0. The summed E-state index contributed by atoms with van der Waals surface area (Å²) in [6.45, 7) is 3.92. The highest BCUT2D eigenvalue weighted by atomic mass is 32.1. The van der Waals surface area contributed by atoms with E-state index in [0.717, 1.165) is 22.7 Å². The van der Waals surface area contributed by atoms with Crippen LogP contribution in [-0.2, 0) is 6.42 Å². The largest absolute Gasteiger partial charge is 0.497 e. The SMILES string of the molecule is COc1ccc(C[C@@H](C)N(C)C(=O)c2scnc2C)cc1. The minimum Gasteiger partial charge on any atom is -0.497 e. The fourth-order valence-corrected chi connectivity index (χ4v) is 2.89. The van der Waals surface area contributed by atoms with Gasteiger partial charge in [0.15, 0.2) is 0 Å². The highest BCUT2D eigenvalue weighted by molar-refractivity contribution is 7.11. The lowest BCUT2D eigenvalue weighted by Crippen LogP contribution is -2.36. The zero-order valence-corrected chi connectivity index (χ0v) is 13.6. The van der Waals surface area contributed by atoms with Crippen LogP contribution in [0.25, 0.3) is 0 Å². The molecule has 0 unspecified atom stereocenters. The number of aryl methyl sites for hydroxylation is 1. The number of rotatable bonds is 5. The van der Waals surface area contributed by atoms with Crippen molar-refractivity contribution in [2.75, 3.05) is 14.2 Å². The smallest absolute Gasteiger partial charge is 0.265 e. The second-order valence-electron chi connectivity index (χ2n) is 5.08. The first-order valence-corrected chi connectivity index (χ1v) is 7.71. The molecule has 0 aliphatic rings. The van der Waals surface area contributed by atoms with Crippen LogP contribution in [0.1, 0.15) is 27.9 Å². The van der Waals surface area contributed by atoms with Gasteiger partial charge in [0.1, 0.15) is 10.6 Å². The molecule has 0 N–H and O–H groups in total. The van der Waals surface area contributed by atoms with Gasteiger partial charge in [-0.15, -0.1) is 11.3 Å². The van der Waals surface area contributed by atoms with Crippen LogP contribution < -0.4 is 4.74 Å². The Morgan fingerprint density at radius 1 is 1.38 bits per heavy atom. The Bertz CT molecular complexity index is 607. The van der Waals surface area contributed by atoms with E-state index >= 15 is 0 Å². The molecule has 0 aliphatic heterocycles. The third-order valence-electron chi connectivity index (χ3n) is 3.61. The number of aromatic nitrogens is 1. The molecule has 2 aromatic rings. The molecule has 21 heavy (non-hydrogen) atoms. The van der Waals surface area contributed by atoms with E-state index in [4.69, 9.17) is 4.74 Å². The maximum absolute atomic E-state index is 12.4. The Hall–Kier alpha value is -1.88. The molecular weight excluding hydrogens is 284 g/mol. The fraction of sp³-hybridized carbons (Fsp3) is 0.375. The van der Waals surface area contributed by atoms with Gasteiger partial charge < -0.3 is 9.64 Å². The molecule has 1 amide bonds. The second kappa shape index (κ2) is 6.72. The van der Waals surface area contributed by atoms with Crippen LogP contribution in [0, 0.1) is 6.92 Å². The number of carbonyl (C=O) groups excluding carboxylic acids is 1. The third-order valence-corrected chi connectivity index (χ3v) is 4.53. The van der Waals surface area contributed by atoms with E-state index in [1.165, 1.54) is 16.9 Å². The van der Waals surface area contributed by atoms with E-state index < -0.39 is 0 Å². The number of nitrogens with zero attached hydrogens (tertiary/aromatic N) is 2. The fourth-order valence-electron chi connectivity index (χ4n) is 2.11. The van der Waals surface area contributed by atoms with E-state index in [2.05, 4.69) is 11.9 Å². The van der Waals surface area contributed by atoms with Gasteiger partial charge in [-0.25, -0.2) is 4.98 Å². The number of likely N-dealkylation sites (N-methyl/N-ethyl adjacent to an activating group) is 1. The molecule has 1 aromatic heterocycles. The molecule has 0 fully saturated rings. The molecule has 0 radical (unpaired) electrons. The molecule has 0 saturated carbocycles. The van der Waals surface area contributed by atoms with Gasteiger partial charge in [-0.2, -0.15) is 0 Å². The average molecular weight is 304 g/mol. The van der Waals surface area contributed by atoms with Crippen molar-refractivity contribution in [2.24, 2.45) is 0 Å². The van der Waals surface area contributed by atoms with E-state index in [0.29, 0.717) is 0 Å². The van der Waals surface area contributed by atoms with Crippen LogP contribution in [0.2, 0.25) is 0 Å². The molecular formula is C16H20N2O2S. The summed E-state index contributed by atoms with van der Waals surface area (Å²) >= 11 is 1.40. The van der Waals surface area contributed by atoms with Crippen molar-refractivity contribution in [3.8, 4) is 5.75 Å². The lowest BCUT2D eigenvalue weighted by molar-refractivity contribution is 0.0747. The molecule has 112 valence electrons. The topological polar surface area (TPSA) is 42.4 Å². The van der Waals surface area contributed by atoms with Crippen LogP contribution in [0.3, 0.4) is 0 Å². The molecule has 1 atom stereocenters. The molecule has 2 rings (SSSR count). The molecule has 0 spiro atoms. The first kappa shape index (κ1) is 15.5. The summed E-state index contributed by atoms with van der Waals surface area (Å²) in [5.41, 5.74) is 3.70. The maximum atomic E-state index is 12.4. The van der Waals surface area contributed by atoms with Crippen molar-refractivity contribution in [3.63, 3.8) is 0 Å². The first-order valence-electron chi connectivity index (χ1n) is 6.83. The molecule has 0 bridgehead atoms. The van der Waals surface area contributed by atoms with Crippen LogP contribution in [0.4, 0.5) is 0 Å². The van der Waals surface area contributed by atoms with Crippen molar-refractivity contribution in [1.29, 1.82) is 0 Å². The van der Waals surface area contributed by atoms with E-state index in [1.54, 1.807) is 17.5 Å². The maximum Gasteiger partial charge on any atom is 0.265 e. The predicted molar refractivity (Wildman–Crippen MR) is 85.1 cm³/mol.